The number of hydrogen-bond donors (Lipinski definition) is 0. The highest BCUT2D eigenvalue weighted by molar-refractivity contribution is 6.94. The molecule has 0 bridgehead atoms. The van der Waals surface area contributed by atoms with Crippen molar-refractivity contribution in [1.29, 1.82) is 0 Å². The molecule has 71 heavy (non-hydrogen) atoms. The van der Waals surface area contributed by atoms with Crippen LogP contribution in [0.5, 0.6) is 0 Å². The summed E-state index contributed by atoms with van der Waals surface area (Å²) in [5.41, 5.74) is 22.5. The van der Waals surface area contributed by atoms with Crippen molar-refractivity contribution in [3.05, 3.63) is 193 Å². The summed E-state index contributed by atoms with van der Waals surface area (Å²) in [6, 6.07) is 66.5. The van der Waals surface area contributed by atoms with Gasteiger partial charge in [0.25, 0.3) is 0 Å². The fourth-order valence-electron chi connectivity index (χ4n) is 12.4. The van der Waals surface area contributed by atoms with Gasteiger partial charge in [-0.3, -0.25) is 0 Å². The number of hydrogen-bond acceptors (Lipinski definition) is 2. The fourth-order valence-corrected chi connectivity index (χ4v) is 12.4. The third kappa shape index (κ3) is 5.93. The summed E-state index contributed by atoms with van der Waals surface area (Å²) in [6.45, 7) is 20.9. The van der Waals surface area contributed by atoms with Gasteiger partial charge in [-0.2, -0.15) is 0 Å². The van der Waals surface area contributed by atoms with Crippen molar-refractivity contribution in [2.75, 3.05) is 4.81 Å². The second-order valence-corrected chi connectivity index (χ2v) is 23.4. The molecule has 344 valence electrons. The summed E-state index contributed by atoms with van der Waals surface area (Å²) < 4.78 is 12.4. The van der Waals surface area contributed by atoms with Crippen LogP contribution >= 0.6 is 0 Å². The van der Waals surface area contributed by atoms with Gasteiger partial charge in [-0.05, 0) is 122 Å². The molecule has 0 aliphatic carbocycles. The lowest BCUT2D eigenvalue weighted by Crippen LogP contribution is -2.61. The van der Waals surface area contributed by atoms with Crippen LogP contribution in [0.4, 0.5) is 11.4 Å². The fraction of sp³-hybridized carbons (Fsp3) is 0.182. The van der Waals surface area contributed by atoms with Gasteiger partial charge in [-0.15, -0.1) is 0 Å². The van der Waals surface area contributed by atoms with Gasteiger partial charge < -0.3 is 18.4 Å². The van der Waals surface area contributed by atoms with Crippen molar-refractivity contribution in [3.63, 3.8) is 0 Å². The minimum Gasteiger partial charge on any atom is -0.455 e. The van der Waals surface area contributed by atoms with E-state index < -0.39 is 0 Å². The number of fused-ring (bicyclic) bond motifs is 15. The Kier molecular flexibility index (Phi) is 8.56. The second kappa shape index (κ2) is 14.4. The Morgan fingerprint density at radius 3 is 1.77 bits per heavy atom. The Morgan fingerprint density at radius 2 is 1.03 bits per heavy atom. The van der Waals surface area contributed by atoms with Crippen LogP contribution in [-0.2, 0) is 16.2 Å². The van der Waals surface area contributed by atoms with Crippen molar-refractivity contribution < 1.29 is 4.42 Å². The molecular formula is C66H56BN3O. The Hall–Kier alpha value is -7.76. The summed E-state index contributed by atoms with van der Waals surface area (Å²) >= 11 is 0. The number of nitrogens with zero attached hydrogens (tertiary/aromatic N) is 3. The lowest BCUT2D eigenvalue weighted by molar-refractivity contribution is 0.590. The van der Waals surface area contributed by atoms with E-state index >= 15 is 0 Å². The van der Waals surface area contributed by atoms with Gasteiger partial charge in [0.2, 0.25) is 0 Å². The number of furan rings is 1. The first kappa shape index (κ1) is 42.2. The molecule has 2 aliphatic heterocycles. The molecule has 0 unspecified atom stereocenters. The number of para-hydroxylation sites is 3. The molecule has 12 aromatic rings. The molecule has 0 spiro atoms. The normalized spacial score (nSPS) is 13.6. The van der Waals surface area contributed by atoms with Crippen LogP contribution in [0, 0.1) is 0 Å². The SMILES string of the molecule is CC(C)(C)c1ccc(N2B3c4c(cc5c(oc6ccccc65)c4-c4c2ccc2c4c4ccccc4n2-c2ccccc2)-n2c4ccc(C(C)(C)C)cc4c4cc(C(C)(C)C)cc3c42)c(-c2ccccc2)c1. The summed E-state index contributed by atoms with van der Waals surface area (Å²) in [6.07, 6.45) is 0. The Balaban J connectivity index is 1.24. The van der Waals surface area contributed by atoms with Crippen LogP contribution in [0.25, 0.3) is 99.2 Å². The highest BCUT2D eigenvalue weighted by Crippen LogP contribution is 2.54. The molecule has 0 fully saturated rings. The van der Waals surface area contributed by atoms with Crippen LogP contribution in [0.2, 0.25) is 0 Å². The third-order valence-corrected chi connectivity index (χ3v) is 15.9. The van der Waals surface area contributed by atoms with Crippen LogP contribution in [0.15, 0.2) is 180 Å². The summed E-state index contributed by atoms with van der Waals surface area (Å²) in [5, 5.41) is 7.29. The molecule has 2 aliphatic rings. The van der Waals surface area contributed by atoms with E-state index in [1.807, 2.05) is 0 Å². The smallest absolute Gasteiger partial charge is 0.333 e. The lowest BCUT2D eigenvalue weighted by Gasteiger charge is -2.43. The number of rotatable bonds is 3. The van der Waals surface area contributed by atoms with Gasteiger partial charge in [-0.1, -0.05) is 165 Å². The third-order valence-electron chi connectivity index (χ3n) is 15.9. The summed E-state index contributed by atoms with van der Waals surface area (Å²) in [7, 11) is 0. The summed E-state index contributed by atoms with van der Waals surface area (Å²) in [5.74, 6) is 0. The molecular weight excluding hydrogens is 862 g/mol. The van der Waals surface area contributed by atoms with Crippen molar-refractivity contribution in [2.24, 2.45) is 0 Å². The molecule has 3 aromatic heterocycles. The zero-order valence-electron chi connectivity index (χ0n) is 42.1. The van der Waals surface area contributed by atoms with E-state index in [4.69, 9.17) is 4.42 Å². The predicted molar refractivity (Wildman–Crippen MR) is 303 cm³/mol. The highest BCUT2D eigenvalue weighted by Gasteiger charge is 2.47. The van der Waals surface area contributed by atoms with E-state index in [1.54, 1.807) is 0 Å². The predicted octanol–water partition coefficient (Wildman–Crippen LogP) is 16.6. The van der Waals surface area contributed by atoms with Crippen molar-refractivity contribution in [1.82, 2.24) is 9.13 Å². The zero-order chi connectivity index (χ0) is 48.5. The molecule has 5 heterocycles. The average Bonchev–Trinajstić information content (AvgIpc) is 4.02. The summed E-state index contributed by atoms with van der Waals surface area (Å²) in [4.78, 5) is 2.74. The van der Waals surface area contributed by atoms with E-state index in [9.17, 15) is 0 Å². The highest BCUT2D eigenvalue weighted by atomic mass is 16.3. The molecule has 0 atom stereocenters. The number of anilines is 2. The quantitative estimate of drug-likeness (QED) is 0.165. The zero-order valence-corrected chi connectivity index (χ0v) is 42.1. The molecule has 0 saturated heterocycles. The molecule has 0 saturated carbocycles. The first-order valence-corrected chi connectivity index (χ1v) is 25.4. The topological polar surface area (TPSA) is 26.2 Å². The largest absolute Gasteiger partial charge is 0.455 e. The van der Waals surface area contributed by atoms with Crippen molar-refractivity contribution in [3.8, 4) is 33.6 Å². The molecule has 9 aromatic carbocycles. The lowest BCUT2D eigenvalue weighted by atomic mass is 9.43. The van der Waals surface area contributed by atoms with Gasteiger partial charge in [0.1, 0.15) is 11.2 Å². The van der Waals surface area contributed by atoms with Crippen LogP contribution < -0.4 is 15.7 Å². The Morgan fingerprint density at radius 1 is 0.423 bits per heavy atom. The minimum absolute atomic E-state index is 0.0263. The standard InChI is InChI=1S/C66H56BN3O/c1-64(2,3)40-29-31-53(46(34-40)39-20-12-10-13-21-39)70-55-33-32-54-58(45-25-16-18-26-51(45)68(54)43-22-14-11-15-23-43)59(55)60-61-56(38-49-44-24-17-19-27-57(44)71-63(49)60)69-52-30-28-41(65(4,5)6)35-47(52)48-36-42(66(7,8)9)37-50(62(48)69)67(61)70/h10-38H,1-9H3. The Labute approximate surface area is 415 Å². The van der Waals surface area contributed by atoms with E-state index in [0.717, 1.165) is 33.1 Å². The van der Waals surface area contributed by atoms with E-state index in [0.29, 0.717) is 0 Å². The number of benzene rings is 9. The van der Waals surface area contributed by atoms with Crippen molar-refractivity contribution in [2.45, 2.75) is 78.6 Å². The maximum Gasteiger partial charge on any atom is 0.333 e. The molecule has 0 radical (unpaired) electrons. The van der Waals surface area contributed by atoms with Crippen LogP contribution in [-0.4, -0.2) is 16.0 Å². The first-order valence-electron chi connectivity index (χ1n) is 25.4. The first-order chi connectivity index (χ1) is 34.1. The molecule has 5 heteroatoms. The maximum absolute atomic E-state index is 7.35. The molecule has 0 N–H and O–H groups in total. The van der Waals surface area contributed by atoms with Crippen LogP contribution in [0.1, 0.15) is 79.0 Å². The second-order valence-electron chi connectivity index (χ2n) is 23.4. The van der Waals surface area contributed by atoms with Crippen LogP contribution in [0.3, 0.4) is 0 Å². The van der Waals surface area contributed by atoms with Gasteiger partial charge in [0.05, 0.1) is 22.1 Å². The molecule has 0 amide bonds. The van der Waals surface area contributed by atoms with Gasteiger partial charge >= 0.3 is 6.85 Å². The maximum atomic E-state index is 7.35. The average molecular weight is 918 g/mol. The van der Waals surface area contributed by atoms with E-state index in [2.05, 4.69) is 252 Å². The van der Waals surface area contributed by atoms with E-state index in [-0.39, 0.29) is 23.1 Å². The monoisotopic (exact) mass is 917 g/mol. The van der Waals surface area contributed by atoms with Crippen molar-refractivity contribution >= 4 is 94.7 Å². The van der Waals surface area contributed by atoms with Gasteiger partial charge in [0.15, 0.2) is 0 Å². The minimum atomic E-state index is -0.225. The molecule has 14 rings (SSSR count). The Bertz CT molecular complexity index is 4220. The van der Waals surface area contributed by atoms with Gasteiger partial charge in [-0.25, -0.2) is 0 Å². The van der Waals surface area contributed by atoms with Gasteiger partial charge in [0, 0.05) is 71.8 Å². The number of aromatic nitrogens is 2. The molecule has 4 nitrogen and oxygen atoms in total. The van der Waals surface area contributed by atoms with E-state index in [1.165, 1.54) is 105 Å².